The van der Waals surface area contributed by atoms with Crippen molar-refractivity contribution in [1.29, 1.82) is 0 Å². The Labute approximate surface area is 179 Å². The molecule has 1 aromatic heterocycles. The molecule has 0 unspecified atom stereocenters. The maximum Gasteiger partial charge on any atom is 0.229 e. The van der Waals surface area contributed by atoms with Gasteiger partial charge in [-0.05, 0) is 24.3 Å². The van der Waals surface area contributed by atoms with Crippen molar-refractivity contribution in [2.75, 3.05) is 6.61 Å². The summed E-state index contributed by atoms with van der Waals surface area (Å²) in [7, 11) is 0. The summed E-state index contributed by atoms with van der Waals surface area (Å²) < 4.78 is 16.2. The van der Waals surface area contributed by atoms with E-state index in [-0.39, 0.29) is 33.8 Å². The molecule has 1 aliphatic heterocycles. The minimum Gasteiger partial charge on any atom is -0.872 e. The highest BCUT2D eigenvalue weighted by molar-refractivity contribution is 5.85. The fourth-order valence-electron chi connectivity index (χ4n) is 3.44. The smallest absolute Gasteiger partial charge is 0.229 e. The number of phenols is 2. The van der Waals surface area contributed by atoms with Crippen LogP contribution in [0.5, 0.6) is 23.0 Å². The summed E-state index contributed by atoms with van der Waals surface area (Å²) in [5.41, 5.74) is -0.524. The number of ether oxygens (including phenoxy) is 2. The highest BCUT2D eigenvalue weighted by Gasteiger charge is 2.44. The normalized spacial score (nSPS) is 25.7. The topological polar surface area (TPSA) is 193 Å². The van der Waals surface area contributed by atoms with E-state index >= 15 is 0 Å². The molecule has 2 heterocycles. The summed E-state index contributed by atoms with van der Waals surface area (Å²) in [5, 5.41) is 70.6. The zero-order valence-electron chi connectivity index (χ0n) is 16.3. The van der Waals surface area contributed by atoms with E-state index in [4.69, 9.17) is 13.9 Å². The third kappa shape index (κ3) is 3.83. The fraction of sp³-hybridized carbons (Fsp3) is 0.286. The standard InChI is InChI=1S/C21H20O11/c22-7-16-18(27)19(28)20(29)21(32-16)31-13-2-1-8(3-10(13)24)14-6-12(26)17-11(25)4-9(23)5-15(17)30-14/h1-6,16,18-25,27-29H,7H2/p-1/t16-,18-,19+,20-,21-/m1/s1. The van der Waals surface area contributed by atoms with Crippen molar-refractivity contribution in [1.82, 2.24) is 0 Å². The first-order chi connectivity index (χ1) is 15.2. The molecule has 170 valence electrons. The maximum absolute atomic E-state index is 12.3. The second-order valence-corrected chi connectivity index (χ2v) is 7.29. The Balaban J connectivity index is 1.64. The van der Waals surface area contributed by atoms with Gasteiger partial charge in [0.2, 0.25) is 6.29 Å². The van der Waals surface area contributed by atoms with Gasteiger partial charge in [-0.1, -0.05) is 5.75 Å². The summed E-state index contributed by atoms with van der Waals surface area (Å²) >= 11 is 0. The Hall–Kier alpha value is -3.35. The van der Waals surface area contributed by atoms with Crippen molar-refractivity contribution < 1.29 is 49.6 Å². The van der Waals surface area contributed by atoms with Gasteiger partial charge in [-0.3, -0.25) is 4.79 Å². The molecular formula is C21H19O11-. The van der Waals surface area contributed by atoms with Gasteiger partial charge in [0.15, 0.2) is 16.9 Å². The van der Waals surface area contributed by atoms with Gasteiger partial charge in [-0.25, -0.2) is 0 Å². The van der Waals surface area contributed by atoms with Crippen molar-refractivity contribution in [3.63, 3.8) is 0 Å². The van der Waals surface area contributed by atoms with Crippen LogP contribution in [-0.4, -0.2) is 68.0 Å². The van der Waals surface area contributed by atoms with Crippen molar-refractivity contribution in [2.45, 2.75) is 30.7 Å². The molecule has 1 saturated heterocycles. The molecule has 32 heavy (non-hydrogen) atoms. The minimum absolute atomic E-state index is 0.00203. The molecule has 0 bridgehead atoms. The number of rotatable bonds is 4. The van der Waals surface area contributed by atoms with Crippen LogP contribution in [0.15, 0.2) is 45.6 Å². The zero-order valence-corrected chi connectivity index (χ0v) is 16.3. The van der Waals surface area contributed by atoms with Crippen LogP contribution in [0.3, 0.4) is 0 Å². The van der Waals surface area contributed by atoms with Crippen LogP contribution in [-0.2, 0) is 4.74 Å². The number of hydrogen-bond donors (Lipinski definition) is 6. The molecule has 1 aliphatic rings. The lowest BCUT2D eigenvalue weighted by molar-refractivity contribution is -0.277. The average Bonchev–Trinajstić information content (AvgIpc) is 2.74. The molecule has 0 radical (unpaired) electrons. The molecule has 1 fully saturated rings. The first-order valence-electron chi connectivity index (χ1n) is 9.48. The molecule has 0 aliphatic carbocycles. The van der Waals surface area contributed by atoms with Gasteiger partial charge in [-0.15, -0.1) is 0 Å². The molecule has 4 rings (SSSR count). The largest absolute Gasteiger partial charge is 0.872 e. The SMILES string of the molecule is O=c1cc(-c2ccc(O[C@@H]3O[C@H](CO)[C@@H](O)[C@H](O)[C@H]3O)c(O)c2)oc2cc(O)cc([O-])c12. The second-order valence-electron chi connectivity index (χ2n) is 7.29. The Kier molecular flexibility index (Phi) is 5.67. The van der Waals surface area contributed by atoms with E-state index in [2.05, 4.69) is 0 Å². The lowest BCUT2D eigenvalue weighted by Crippen LogP contribution is -2.60. The first kappa shape index (κ1) is 21.9. The number of fused-ring (bicyclic) bond motifs is 1. The Morgan fingerprint density at radius 1 is 1.00 bits per heavy atom. The molecule has 0 saturated carbocycles. The van der Waals surface area contributed by atoms with E-state index in [1.807, 2.05) is 0 Å². The van der Waals surface area contributed by atoms with Gasteiger partial charge in [0.25, 0.3) is 0 Å². The fourth-order valence-corrected chi connectivity index (χ4v) is 3.44. The summed E-state index contributed by atoms with van der Waals surface area (Å²) in [5.74, 6) is -1.66. The molecule has 11 heteroatoms. The monoisotopic (exact) mass is 447 g/mol. The minimum atomic E-state index is -1.67. The number of benzene rings is 2. The Morgan fingerprint density at radius 2 is 1.75 bits per heavy atom. The number of hydrogen-bond acceptors (Lipinski definition) is 11. The predicted octanol–water partition coefficient (Wildman–Crippen LogP) is -0.877. The molecule has 2 aromatic carbocycles. The zero-order chi connectivity index (χ0) is 23.2. The lowest BCUT2D eigenvalue weighted by atomic mass is 9.99. The molecule has 0 amide bonds. The summed E-state index contributed by atoms with van der Waals surface area (Å²) in [6, 6.07) is 6.95. The van der Waals surface area contributed by atoms with Crippen LogP contribution in [0.1, 0.15) is 0 Å². The van der Waals surface area contributed by atoms with Gasteiger partial charge in [0.1, 0.15) is 41.5 Å². The van der Waals surface area contributed by atoms with Gasteiger partial charge in [-0.2, -0.15) is 0 Å². The third-order valence-electron chi connectivity index (χ3n) is 5.11. The van der Waals surface area contributed by atoms with Gasteiger partial charge >= 0.3 is 0 Å². The summed E-state index contributed by atoms with van der Waals surface area (Å²) in [6.45, 7) is -0.642. The van der Waals surface area contributed by atoms with Crippen LogP contribution in [0.4, 0.5) is 0 Å². The van der Waals surface area contributed by atoms with Crippen LogP contribution in [0.2, 0.25) is 0 Å². The van der Waals surface area contributed by atoms with Gasteiger partial charge in [0.05, 0.1) is 12.0 Å². The quantitative estimate of drug-likeness (QED) is 0.291. The number of phenolic OH excluding ortho intramolecular Hbond substituents is 2. The van der Waals surface area contributed by atoms with Crippen molar-refractivity contribution in [2.24, 2.45) is 0 Å². The van der Waals surface area contributed by atoms with Gasteiger partial charge in [0, 0.05) is 17.7 Å². The predicted molar refractivity (Wildman–Crippen MR) is 105 cm³/mol. The van der Waals surface area contributed by atoms with E-state index in [0.717, 1.165) is 18.2 Å². The lowest BCUT2D eigenvalue weighted by Gasteiger charge is -2.39. The van der Waals surface area contributed by atoms with E-state index in [1.165, 1.54) is 18.2 Å². The molecule has 0 spiro atoms. The van der Waals surface area contributed by atoms with E-state index in [9.17, 15) is 40.5 Å². The Bertz CT molecular complexity index is 1200. The highest BCUT2D eigenvalue weighted by Crippen LogP contribution is 2.35. The summed E-state index contributed by atoms with van der Waals surface area (Å²) in [4.78, 5) is 12.3. The average molecular weight is 447 g/mol. The first-order valence-corrected chi connectivity index (χ1v) is 9.48. The van der Waals surface area contributed by atoms with Crippen molar-refractivity contribution >= 4 is 11.0 Å². The number of aliphatic hydroxyl groups is 4. The maximum atomic E-state index is 12.3. The molecule has 11 nitrogen and oxygen atoms in total. The van der Waals surface area contributed by atoms with Gasteiger partial charge < -0.3 is 49.6 Å². The Morgan fingerprint density at radius 3 is 2.44 bits per heavy atom. The van der Waals surface area contributed by atoms with Crippen LogP contribution in [0, 0.1) is 0 Å². The van der Waals surface area contributed by atoms with Crippen molar-refractivity contribution in [3.8, 4) is 34.3 Å². The third-order valence-corrected chi connectivity index (χ3v) is 5.11. The van der Waals surface area contributed by atoms with E-state index in [0.29, 0.717) is 0 Å². The molecule has 3 aromatic rings. The van der Waals surface area contributed by atoms with Crippen molar-refractivity contribution in [3.05, 3.63) is 46.6 Å². The highest BCUT2D eigenvalue weighted by atomic mass is 16.7. The summed E-state index contributed by atoms with van der Waals surface area (Å²) in [6.07, 6.45) is -7.56. The van der Waals surface area contributed by atoms with Crippen LogP contribution in [0.25, 0.3) is 22.3 Å². The number of aliphatic hydroxyl groups excluding tert-OH is 4. The van der Waals surface area contributed by atoms with Crippen LogP contribution >= 0.6 is 0 Å². The molecular weight excluding hydrogens is 428 g/mol. The molecule has 5 atom stereocenters. The van der Waals surface area contributed by atoms with Crippen LogP contribution < -0.4 is 15.3 Å². The van der Waals surface area contributed by atoms with E-state index < -0.39 is 54.2 Å². The van der Waals surface area contributed by atoms with E-state index in [1.54, 1.807) is 0 Å². The second kappa shape index (κ2) is 8.30. The molecule has 6 N–H and O–H groups in total. The number of aromatic hydroxyl groups is 2.